The van der Waals surface area contributed by atoms with Crippen LogP contribution in [0.1, 0.15) is 47.8 Å². The van der Waals surface area contributed by atoms with Crippen LogP contribution in [0.4, 0.5) is 0 Å². The number of rotatable bonds is 6. The summed E-state index contributed by atoms with van der Waals surface area (Å²) in [6.07, 6.45) is 0. The summed E-state index contributed by atoms with van der Waals surface area (Å²) in [5, 5.41) is 9.00. The van der Waals surface area contributed by atoms with E-state index >= 15 is 0 Å². The van der Waals surface area contributed by atoms with E-state index in [1.54, 1.807) is 36.3 Å². The highest BCUT2D eigenvalue weighted by atomic mass is 16.5. The number of hydrogen-bond donors (Lipinski definition) is 1. The predicted octanol–water partition coefficient (Wildman–Crippen LogP) is 3.91. The molecule has 0 spiro atoms. The molecular formula is C25H21NO6. The van der Waals surface area contributed by atoms with Gasteiger partial charge in [-0.15, -0.1) is 0 Å². The van der Waals surface area contributed by atoms with Crippen LogP contribution >= 0.6 is 0 Å². The molecule has 3 aromatic rings. The molecule has 0 radical (unpaired) electrons. The van der Waals surface area contributed by atoms with Gasteiger partial charge in [-0.25, -0.2) is 9.59 Å². The molecule has 162 valence electrons. The maximum atomic E-state index is 12.8. The Hall–Kier alpha value is -4.13. The molecule has 0 aliphatic carbocycles. The molecule has 0 saturated heterocycles. The number of methoxy groups -OCH3 is 1. The Labute approximate surface area is 184 Å². The number of carbonyl (C=O) groups is 3. The number of fused-ring (bicyclic) bond motifs is 1. The van der Waals surface area contributed by atoms with Gasteiger partial charge >= 0.3 is 11.9 Å². The molecule has 32 heavy (non-hydrogen) atoms. The second kappa shape index (κ2) is 8.93. The SMILES string of the molecule is COc1ccc(COC(=O)c2ccc3c(c2)CN(C(=O)c2ccc(C(=O)O)cc2)C3)cc1. The fraction of sp³-hybridized carbons (Fsp3) is 0.160. The van der Waals surface area contributed by atoms with Crippen LogP contribution in [0.5, 0.6) is 5.75 Å². The largest absolute Gasteiger partial charge is 0.497 e. The Kier molecular flexibility index (Phi) is 5.89. The zero-order valence-corrected chi connectivity index (χ0v) is 17.4. The van der Waals surface area contributed by atoms with E-state index in [4.69, 9.17) is 14.6 Å². The normalized spacial score (nSPS) is 12.2. The maximum Gasteiger partial charge on any atom is 0.338 e. The van der Waals surface area contributed by atoms with Crippen molar-refractivity contribution in [2.75, 3.05) is 7.11 Å². The third-order valence-electron chi connectivity index (χ3n) is 5.36. The van der Waals surface area contributed by atoms with Crippen LogP contribution in [-0.4, -0.2) is 35.0 Å². The monoisotopic (exact) mass is 431 g/mol. The molecule has 1 aliphatic heterocycles. The molecule has 0 fully saturated rings. The van der Waals surface area contributed by atoms with E-state index in [1.807, 2.05) is 18.2 Å². The quantitative estimate of drug-likeness (QED) is 0.595. The van der Waals surface area contributed by atoms with Crippen molar-refractivity contribution in [3.63, 3.8) is 0 Å². The highest BCUT2D eigenvalue weighted by Crippen LogP contribution is 2.26. The number of carbonyl (C=O) groups excluding carboxylic acids is 2. The summed E-state index contributed by atoms with van der Waals surface area (Å²) in [5.41, 5.74) is 3.68. The van der Waals surface area contributed by atoms with Gasteiger partial charge in [-0.2, -0.15) is 0 Å². The van der Waals surface area contributed by atoms with E-state index in [-0.39, 0.29) is 18.1 Å². The van der Waals surface area contributed by atoms with Gasteiger partial charge in [0.1, 0.15) is 12.4 Å². The lowest BCUT2D eigenvalue weighted by Crippen LogP contribution is -2.25. The second-order valence-electron chi connectivity index (χ2n) is 7.45. The van der Waals surface area contributed by atoms with Gasteiger partial charge in [0.05, 0.1) is 18.2 Å². The van der Waals surface area contributed by atoms with Crippen LogP contribution in [-0.2, 0) is 24.4 Å². The van der Waals surface area contributed by atoms with Crippen LogP contribution in [0.3, 0.4) is 0 Å². The zero-order chi connectivity index (χ0) is 22.7. The van der Waals surface area contributed by atoms with Gasteiger partial charge in [0, 0.05) is 18.7 Å². The van der Waals surface area contributed by atoms with Crippen LogP contribution in [0.2, 0.25) is 0 Å². The minimum Gasteiger partial charge on any atom is -0.497 e. The first-order valence-electron chi connectivity index (χ1n) is 9.99. The fourth-order valence-corrected chi connectivity index (χ4v) is 3.56. The number of amides is 1. The molecule has 0 saturated carbocycles. The second-order valence-corrected chi connectivity index (χ2v) is 7.45. The summed E-state index contributed by atoms with van der Waals surface area (Å²) >= 11 is 0. The molecule has 0 bridgehead atoms. The molecule has 1 N–H and O–H groups in total. The van der Waals surface area contributed by atoms with Crippen molar-refractivity contribution in [3.8, 4) is 5.75 Å². The van der Waals surface area contributed by atoms with E-state index < -0.39 is 11.9 Å². The van der Waals surface area contributed by atoms with Crippen molar-refractivity contribution in [2.45, 2.75) is 19.7 Å². The summed E-state index contributed by atoms with van der Waals surface area (Å²) in [7, 11) is 1.59. The van der Waals surface area contributed by atoms with Gasteiger partial charge in [-0.05, 0) is 65.2 Å². The Balaban J connectivity index is 1.39. The summed E-state index contributed by atoms with van der Waals surface area (Å²) < 4.78 is 10.5. The Bertz CT molecular complexity index is 1170. The van der Waals surface area contributed by atoms with Crippen molar-refractivity contribution in [3.05, 3.63) is 100 Å². The molecule has 0 unspecified atom stereocenters. The van der Waals surface area contributed by atoms with E-state index in [2.05, 4.69) is 0 Å². The van der Waals surface area contributed by atoms with E-state index in [9.17, 15) is 14.4 Å². The number of carboxylic acid groups (broad SMARTS) is 1. The molecule has 4 rings (SSSR count). The lowest BCUT2D eigenvalue weighted by Gasteiger charge is -2.15. The first-order valence-corrected chi connectivity index (χ1v) is 9.99. The predicted molar refractivity (Wildman–Crippen MR) is 116 cm³/mol. The van der Waals surface area contributed by atoms with E-state index in [1.165, 1.54) is 24.3 Å². The molecular weight excluding hydrogens is 410 g/mol. The number of carboxylic acids is 1. The topological polar surface area (TPSA) is 93.1 Å². The standard InChI is InChI=1S/C25H21NO6/c1-31-22-10-2-16(3-11-22)15-32-25(30)19-8-9-20-13-26(14-21(20)12-19)23(27)17-4-6-18(7-5-17)24(28)29/h2-12H,13-15H2,1H3,(H,28,29). The van der Waals surface area contributed by atoms with Gasteiger partial charge in [-0.3, -0.25) is 4.79 Å². The number of esters is 1. The first kappa shape index (κ1) is 21.1. The van der Waals surface area contributed by atoms with E-state index in [0.29, 0.717) is 24.2 Å². The third kappa shape index (κ3) is 4.46. The lowest BCUT2D eigenvalue weighted by molar-refractivity contribution is 0.0472. The molecule has 7 heteroatoms. The molecule has 1 amide bonds. The summed E-state index contributed by atoms with van der Waals surface area (Å²) in [6.45, 7) is 0.946. The smallest absolute Gasteiger partial charge is 0.338 e. The Morgan fingerprint density at radius 2 is 1.47 bits per heavy atom. The third-order valence-corrected chi connectivity index (χ3v) is 5.36. The van der Waals surface area contributed by atoms with E-state index in [0.717, 1.165) is 22.4 Å². The molecule has 3 aromatic carbocycles. The van der Waals surface area contributed by atoms with Gasteiger partial charge in [0.25, 0.3) is 5.91 Å². The average molecular weight is 431 g/mol. The van der Waals surface area contributed by atoms with Gasteiger partial charge in [-0.1, -0.05) is 18.2 Å². The number of hydrogen-bond acceptors (Lipinski definition) is 5. The molecule has 7 nitrogen and oxygen atoms in total. The Morgan fingerprint density at radius 1 is 0.844 bits per heavy atom. The van der Waals surface area contributed by atoms with Gasteiger partial charge < -0.3 is 19.5 Å². The summed E-state index contributed by atoms with van der Waals surface area (Å²) in [4.78, 5) is 37.9. The van der Waals surface area contributed by atoms with Crippen LogP contribution in [0.25, 0.3) is 0 Å². The van der Waals surface area contributed by atoms with Crippen molar-refractivity contribution in [1.82, 2.24) is 4.90 Å². The van der Waals surface area contributed by atoms with Crippen molar-refractivity contribution in [2.24, 2.45) is 0 Å². The van der Waals surface area contributed by atoms with Crippen LogP contribution in [0, 0.1) is 0 Å². The maximum absolute atomic E-state index is 12.8. The first-order chi connectivity index (χ1) is 15.4. The number of nitrogens with zero attached hydrogens (tertiary/aromatic N) is 1. The fourth-order valence-electron chi connectivity index (χ4n) is 3.56. The minimum atomic E-state index is -1.04. The Morgan fingerprint density at radius 3 is 2.12 bits per heavy atom. The molecule has 0 aromatic heterocycles. The minimum absolute atomic E-state index is 0.129. The molecule has 1 aliphatic rings. The van der Waals surface area contributed by atoms with Gasteiger partial charge in [0.15, 0.2) is 0 Å². The highest BCUT2D eigenvalue weighted by molar-refractivity contribution is 5.96. The molecule has 0 atom stereocenters. The number of aromatic carboxylic acids is 1. The van der Waals surface area contributed by atoms with Crippen molar-refractivity contribution >= 4 is 17.8 Å². The summed E-state index contributed by atoms with van der Waals surface area (Å²) in [5.74, 6) is -0.931. The number of ether oxygens (including phenoxy) is 2. The van der Waals surface area contributed by atoms with Crippen molar-refractivity contribution in [1.29, 1.82) is 0 Å². The lowest BCUT2D eigenvalue weighted by atomic mass is 10.1. The zero-order valence-electron chi connectivity index (χ0n) is 17.4. The average Bonchev–Trinajstić information content (AvgIpc) is 3.26. The molecule has 1 heterocycles. The van der Waals surface area contributed by atoms with Crippen LogP contribution in [0.15, 0.2) is 66.7 Å². The summed E-state index contributed by atoms with van der Waals surface area (Å²) in [6, 6.07) is 18.4. The van der Waals surface area contributed by atoms with Crippen LogP contribution < -0.4 is 4.74 Å². The highest BCUT2D eigenvalue weighted by Gasteiger charge is 2.25. The van der Waals surface area contributed by atoms with Gasteiger partial charge in [0.2, 0.25) is 0 Å². The number of benzene rings is 3. The van der Waals surface area contributed by atoms with Crippen molar-refractivity contribution < 1.29 is 29.0 Å².